The summed E-state index contributed by atoms with van der Waals surface area (Å²) in [5, 5.41) is 2.98. The van der Waals surface area contributed by atoms with E-state index < -0.39 is 0 Å². The van der Waals surface area contributed by atoms with E-state index in [2.05, 4.69) is 20.7 Å². The minimum atomic E-state index is -0.148. The van der Waals surface area contributed by atoms with Crippen molar-refractivity contribution < 1.29 is 14.3 Å². The van der Waals surface area contributed by atoms with E-state index in [1.165, 1.54) is 24.0 Å². The predicted molar refractivity (Wildman–Crippen MR) is 120 cm³/mol. The van der Waals surface area contributed by atoms with Gasteiger partial charge in [-0.25, -0.2) is 3.21 Å². The van der Waals surface area contributed by atoms with Gasteiger partial charge >= 0.3 is 0 Å². The molecule has 1 aliphatic carbocycles. The lowest BCUT2D eigenvalue weighted by molar-refractivity contribution is -0.114. The summed E-state index contributed by atoms with van der Waals surface area (Å²) in [4.78, 5) is 12.7. The number of ether oxygens (including phenoxy) is 2. The Morgan fingerprint density at radius 1 is 1.04 bits per heavy atom. The van der Waals surface area contributed by atoms with Gasteiger partial charge in [-0.1, -0.05) is 18.2 Å². The molecule has 0 spiro atoms. The van der Waals surface area contributed by atoms with Crippen molar-refractivity contribution in [1.29, 1.82) is 0 Å². The molecule has 5 nitrogen and oxygen atoms in total. The highest BCUT2D eigenvalue weighted by Crippen LogP contribution is 2.27. The number of hydrogen-bond donors (Lipinski definition) is 1. The van der Waals surface area contributed by atoms with Crippen molar-refractivity contribution in [3.05, 3.63) is 58.7 Å². The van der Waals surface area contributed by atoms with Gasteiger partial charge in [-0.05, 0) is 67.0 Å². The number of amides is 1. The van der Waals surface area contributed by atoms with Crippen molar-refractivity contribution in [3.63, 3.8) is 0 Å². The Labute approximate surface area is 180 Å². The lowest BCUT2D eigenvalue weighted by Gasteiger charge is -2.17. The van der Waals surface area contributed by atoms with Gasteiger partial charge in [-0.15, -0.1) is 0 Å². The van der Waals surface area contributed by atoms with Crippen LogP contribution in [0.2, 0.25) is 0 Å². The molecule has 1 N–H and O–H groups in total. The molecule has 0 heterocycles. The number of carbonyl (C=O) groups is 1. The molecule has 3 rings (SSSR count). The van der Waals surface area contributed by atoms with Gasteiger partial charge in [0, 0.05) is 12.1 Å². The maximum atomic E-state index is 12.7. The third-order valence-electron chi connectivity index (χ3n) is 5.07. The van der Waals surface area contributed by atoms with Crippen LogP contribution in [-0.2, 0) is 24.1 Å². The lowest BCUT2D eigenvalue weighted by atomic mass is 9.89. The fourth-order valence-electron chi connectivity index (χ4n) is 3.54. The molecule has 28 heavy (non-hydrogen) atoms. The Kier molecular flexibility index (Phi) is 7.30. The standard InChI is InChI=1S/C22H25IN2O3/c1-27-19-10-7-15(13-20(19)28-2)11-12-24-22(26)21(25-23)18-9-8-16-5-3-4-6-17(16)14-18/h7-10,13-14H,3-6,11-12H2,1-2H3,(H,24,26). The van der Waals surface area contributed by atoms with Crippen molar-refractivity contribution in [2.24, 2.45) is 3.21 Å². The minimum absolute atomic E-state index is 0.148. The fourth-order valence-corrected chi connectivity index (χ4v) is 4.04. The molecule has 0 saturated heterocycles. The molecule has 2 aromatic carbocycles. The Morgan fingerprint density at radius 3 is 2.50 bits per heavy atom. The van der Waals surface area contributed by atoms with Gasteiger partial charge in [-0.3, -0.25) is 4.79 Å². The lowest BCUT2D eigenvalue weighted by Crippen LogP contribution is -2.33. The highest BCUT2D eigenvalue weighted by molar-refractivity contribution is 14.1. The Balaban J connectivity index is 1.62. The van der Waals surface area contributed by atoms with Crippen LogP contribution >= 0.6 is 22.9 Å². The zero-order valence-corrected chi connectivity index (χ0v) is 18.4. The normalized spacial score (nSPS) is 13.6. The first-order chi connectivity index (χ1) is 13.7. The number of methoxy groups -OCH3 is 2. The Bertz CT molecular complexity index is 880. The van der Waals surface area contributed by atoms with Crippen LogP contribution in [-0.4, -0.2) is 32.4 Å². The molecular formula is C22H25IN2O3. The van der Waals surface area contributed by atoms with E-state index in [4.69, 9.17) is 9.47 Å². The minimum Gasteiger partial charge on any atom is -0.493 e. The number of fused-ring (bicyclic) bond motifs is 1. The van der Waals surface area contributed by atoms with E-state index >= 15 is 0 Å². The molecule has 148 valence electrons. The van der Waals surface area contributed by atoms with Gasteiger partial charge in [-0.2, -0.15) is 0 Å². The van der Waals surface area contributed by atoms with E-state index in [0.717, 1.165) is 24.0 Å². The summed E-state index contributed by atoms with van der Waals surface area (Å²) >= 11 is 1.90. The molecule has 0 atom stereocenters. The second-order valence-electron chi connectivity index (χ2n) is 6.82. The van der Waals surface area contributed by atoms with E-state index in [1.807, 2.05) is 47.1 Å². The topological polar surface area (TPSA) is 59.9 Å². The fraction of sp³-hybridized carbons (Fsp3) is 0.364. The molecule has 2 aromatic rings. The molecular weight excluding hydrogens is 467 g/mol. The summed E-state index contributed by atoms with van der Waals surface area (Å²) in [5.41, 5.74) is 5.18. The van der Waals surface area contributed by atoms with Crippen molar-refractivity contribution >= 4 is 34.5 Å². The van der Waals surface area contributed by atoms with Crippen LogP contribution in [0, 0.1) is 0 Å². The Morgan fingerprint density at radius 2 is 1.79 bits per heavy atom. The third-order valence-corrected chi connectivity index (χ3v) is 5.55. The number of aryl methyl sites for hydroxylation is 2. The third kappa shape index (κ3) is 4.84. The van der Waals surface area contributed by atoms with Crippen LogP contribution < -0.4 is 14.8 Å². The van der Waals surface area contributed by atoms with Crippen LogP contribution in [0.3, 0.4) is 0 Å². The smallest absolute Gasteiger partial charge is 0.271 e. The number of carbonyl (C=O) groups excluding carboxylic acids is 1. The van der Waals surface area contributed by atoms with Crippen LogP contribution in [0.1, 0.15) is 35.1 Å². The molecule has 0 aliphatic heterocycles. The molecule has 0 fully saturated rings. The molecule has 1 aliphatic rings. The maximum Gasteiger partial charge on any atom is 0.271 e. The predicted octanol–water partition coefficient (Wildman–Crippen LogP) is 4.08. The largest absolute Gasteiger partial charge is 0.493 e. The molecule has 0 radical (unpaired) electrons. The van der Waals surface area contributed by atoms with Crippen LogP contribution in [0.5, 0.6) is 11.5 Å². The van der Waals surface area contributed by atoms with Gasteiger partial charge in [0.25, 0.3) is 5.91 Å². The van der Waals surface area contributed by atoms with E-state index in [1.54, 1.807) is 14.2 Å². The number of halogens is 1. The van der Waals surface area contributed by atoms with Gasteiger partial charge in [0.1, 0.15) is 5.71 Å². The number of rotatable bonds is 7. The summed E-state index contributed by atoms with van der Waals surface area (Å²) in [6.45, 7) is 0.523. The molecule has 0 unspecified atom stereocenters. The average molecular weight is 492 g/mol. The maximum absolute atomic E-state index is 12.7. The van der Waals surface area contributed by atoms with Crippen molar-refractivity contribution in [2.75, 3.05) is 20.8 Å². The monoisotopic (exact) mass is 492 g/mol. The first kappa shape index (κ1) is 20.6. The van der Waals surface area contributed by atoms with Gasteiger partial charge in [0.2, 0.25) is 0 Å². The number of benzene rings is 2. The summed E-state index contributed by atoms with van der Waals surface area (Å²) in [7, 11) is 3.23. The highest BCUT2D eigenvalue weighted by atomic mass is 127. The SMILES string of the molecule is COc1ccc(CCNC(=O)C(=NI)c2ccc3c(c2)CCCC3)cc1OC. The summed E-state index contributed by atoms with van der Waals surface area (Å²) in [6.07, 6.45) is 5.37. The van der Waals surface area contributed by atoms with Crippen molar-refractivity contribution in [1.82, 2.24) is 5.32 Å². The van der Waals surface area contributed by atoms with Crippen molar-refractivity contribution in [3.8, 4) is 11.5 Å². The highest BCUT2D eigenvalue weighted by Gasteiger charge is 2.17. The number of nitrogens with zero attached hydrogens (tertiary/aromatic N) is 1. The average Bonchev–Trinajstić information content (AvgIpc) is 2.74. The quantitative estimate of drug-likeness (QED) is 0.468. The number of hydrogen-bond acceptors (Lipinski definition) is 4. The van der Waals surface area contributed by atoms with Gasteiger partial charge in [0.15, 0.2) is 11.5 Å². The summed E-state index contributed by atoms with van der Waals surface area (Å²) in [5.74, 6) is 1.24. The second kappa shape index (κ2) is 9.91. The molecule has 0 saturated carbocycles. The summed E-state index contributed by atoms with van der Waals surface area (Å²) < 4.78 is 14.8. The summed E-state index contributed by atoms with van der Waals surface area (Å²) in [6, 6.07) is 12.1. The van der Waals surface area contributed by atoms with Gasteiger partial charge in [0.05, 0.1) is 37.1 Å². The van der Waals surface area contributed by atoms with Crippen molar-refractivity contribution in [2.45, 2.75) is 32.1 Å². The first-order valence-electron chi connectivity index (χ1n) is 9.46. The van der Waals surface area contributed by atoms with E-state index in [9.17, 15) is 4.79 Å². The second-order valence-corrected chi connectivity index (χ2v) is 7.30. The number of nitrogens with one attached hydrogen (secondary N) is 1. The Hall–Kier alpha value is -2.09. The van der Waals surface area contributed by atoms with Crippen LogP contribution in [0.15, 0.2) is 39.6 Å². The van der Waals surface area contributed by atoms with E-state index in [0.29, 0.717) is 30.2 Å². The zero-order chi connectivity index (χ0) is 19.9. The van der Waals surface area contributed by atoms with Crippen LogP contribution in [0.4, 0.5) is 0 Å². The van der Waals surface area contributed by atoms with Crippen LogP contribution in [0.25, 0.3) is 0 Å². The first-order valence-corrected chi connectivity index (χ1v) is 10.4. The molecule has 6 heteroatoms. The van der Waals surface area contributed by atoms with E-state index in [-0.39, 0.29) is 5.91 Å². The molecule has 1 amide bonds. The van der Waals surface area contributed by atoms with Gasteiger partial charge < -0.3 is 14.8 Å². The zero-order valence-electron chi connectivity index (χ0n) is 16.3. The molecule has 0 bridgehead atoms. The molecule has 0 aromatic heterocycles.